The maximum atomic E-state index is 12.1. The first-order valence-electron chi connectivity index (χ1n) is 8.04. The Morgan fingerprint density at radius 1 is 1.00 bits per heavy atom. The van der Waals surface area contributed by atoms with Gasteiger partial charge in [-0.3, -0.25) is 25.2 Å². The van der Waals surface area contributed by atoms with Crippen molar-refractivity contribution in [2.24, 2.45) is 0 Å². The van der Waals surface area contributed by atoms with E-state index in [2.05, 4.69) is 16.2 Å². The fraction of sp³-hybridized carbons (Fsp3) is 0.167. The van der Waals surface area contributed by atoms with Crippen molar-refractivity contribution >= 4 is 29.3 Å². The van der Waals surface area contributed by atoms with Gasteiger partial charge in [0, 0.05) is 0 Å². The molecule has 0 spiro atoms. The Bertz CT molecular complexity index is 874. The van der Waals surface area contributed by atoms with Crippen LogP contribution in [-0.2, 0) is 9.59 Å². The summed E-state index contributed by atoms with van der Waals surface area (Å²) in [4.78, 5) is 35.9. The highest BCUT2D eigenvalue weighted by Gasteiger charge is 2.27. The fourth-order valence-electron chi connectivity index (χ4n) is 2.31. The number of amides is 3. The van der Waals surface area contributed by atoms with E-state index >= 15 is 0 Å². The summed E-state index contributed by atoms with van der Waals surface area (Å²) in [5, 5.41) is 2.69. The summed E-state index contributed by atoms with van der Waals surface area (Å²) < 4.78 is 11.0. The molecule has 0 aliphatic carbocycles. The van der Waals surface area contributed by atoms with Gasteiger partial charge in [0.25, 0.3) is 17.7 Å². The van der Waals surface area contributed by atoms with Gasteiger partial charge in [0.15, 0.2) is 11.5 Å². The molecule has 0 fully saturated rings. The highest BCUT2D eigenvalue weighted by atomic mass is 35.5. The highest BCUT2D eigenvalue weighted by Crippen LogP contribution is 2.30. The number of carbonyl (C=O) groups is 3. The van der Waals surface area contributed by atoms with Gasteiger partial charge in [-0.1, -0.05) is 35.9 Å². The third-order valence-corrected chi connectivity index (χ3v) is 3.98. The van der Waals surface area contributed by atoms with Gasteiger partial charge >= 0.3 is 0 Å². The average Bonchev–Trinajstić information content (AvgIpc) is 2.70. The van der Waals surface area contributed by atoms with E-state index in [-0.39, 0.29) is 23.7 Å². The first kappa shape index (κ1) is 18.5. The molecule has 0 radical (unpaired) electrons. The zero-order valence-electron chi connectivity index (χ0n) is 14.0. The monoisotopic (exact) mass is 389 g/mol. The molecular formula is C18H16ClN3O5. The molecule has 8 nitrogen and oxygen atoms in total. The van der Waals surface area contributed by atoms with E-state index in [1.807, 2.05) is 0 Å². The van der Waals surface area contributed by atoms with Crippen LogP contribution in [0.5, 0.6) is 11.5 Å². The lowest BCUT2D eigenvalue weighted by atomic mass is 10.2. The van der Waals surface area contributed by atoms with Crippen LogP contribution in [0, 0.1) is 0 Å². The van der Waals surface area contributed by atoms with E-state index in [1.165, 1.54) is 6.07 Å². The van der Waals surface area contributed by atoms with Crippen molar-refractivity contribution in [1.82, 2.24) is 16.2 Å². The van der Waals surface area contributed by atoms with Gasteiger partial charge in [-0.2, -0.15) is 0 Å². The lowest BCUT2D eigenvalue weighted by Gasteiger charge is -2.25. The molecule has 0 bridgehead atoms. The Morgan fingerprint density at radius 2 is 1.70 bits per heavy atom. The molecule has 1 heterocycles. The van der Waals surface area contributed by atoms with E-state index in [1.54, 1.807) is 42.5 Å². The molecule has 3 rings (SSSR count). The number of benzene rings is 2. The molecule has 1 unspecified atom stereocenters. The second-order valence-electron chi connectivity index (χ2n) is 5.56. The number of ether oxygens (including phenoxy) is 2. The molecule has 9 heteroatoms. The van der Waals surface area contributed by atoms with Crippen LogP contribution >= 0.6 is 11.6 Å². The number of para-hydroxylation sites is 2. The molecular weight excluding hydrogens is 374 g/mol. The summed E-state index contributed by atoms with van der Waals surface area (Å²) >= 11 is 5.91. The number of halogens is 1. The van der Waals surface area contributed by atoms with E-state index in [0.717, 1.165) is 0 Å². The zero-order valence-corrected chi connectivity index (χ0v) is 14.8. The minimum Gasteiger partial charge on any atom is -0.485 e. The number of nitrogens with one attached hydrogen (secondary N) is 3. The van der Waals surface area contributed by atoms with E-state index in [4.69, 9.17) is 21.1 Å². The third kappa shape index (κ3) is 4.68. The zero-order chi connectivity index (χ0) is 19.2. The number of hydrogen-bond donors (Lipinski definition) is 3. The molecule has 1 aliphatic heterocycles. The molecule has 2 aromatic rings. The lowest BCUT2D eigenvalue weighted by molar-refractivity contribution is -0.134. The van der Waals surface area contributed by atoms with Crippen molar-refractivity contribution in [3.05, 3.63) is 59.1 Å². The molecule has 0 saturated heterocycles. The van der Waals surface area contributed by atoms with Crippen LogP contribution in [0.15, 0.2) is 48.5 Å². The second kappa shape index (κ2) is 8.41. The lowest BCUT2D eigenvalue weighted by Crippen LogP contribution is -2.52. The Kier molecular flexibility index (Phi) is 5.77. The van der Waals surface area contributed by atoms with Crippen LogP contribution in [0.3, 0.4) is 0 Å². The van der Waals surface area contributed by atoms with E-state index in [0.29, 0.717) is 11.5 Å². The molecule has 3 N–H and O–H groups in total. The Labute approximate surface area is 159 Å². The molecule has 1 aliphatic rings. The van der Waals surface area contributed by atoms with Gasteiger partial charge in [-0.25, -0.2) is 0 Å². The topological polar surface area (TPSA) is 106 Å². The Hall–Kier alpha value is -3.26. The SMILES string of the molecule is O=C(CNC(=O)c1ccccc1Cl)NNC(=O)C1COc2ccccc2O1. The van der Waals surface area contributed by atoms with Gasteiger partial charge in [0.05, 0.1) is 17.1 Å². The normalized spacial score (nSPS) is 14.8. The van der Waals surface area contributed by atoms with Gasteiger partial charge in [-0.15, -0.1) is 0 Å². The molecule has 1 atom stereocenters. The van der Waals surface area contributed by atoms with Crippen molar-refractivity contribution in [1.29, 1.82) is 0 Å². The van der Waals surface area contributed by atoms with Crippen LogP contribution < -0.4 is 25.6 Å². The summed E-state index contributed by atoms with van der Waals surface area (Å²) in [5.74, 6) is -0.686. The van der Waals surface area contributed by atoms with Gasteiger partial charge in [-0.05, 0) is 24.3 Å². The summed E-state index contributed by atoms with van der Waals surface area (Å²) in [6.45, 7) is -0.322. The van der Waals surface area contributed by atoms with Gasteiger partial charge in [0.1, 0.15) is 6.61 Å². The van der Waals surface area contributed by atoms with Crippen LogP contribution in [0.4, 0.5) is 0 Å². The maximum absolute atomic E-state index is 12.1. The number of hydrogen-bond acceptors (Lipinski definition) is 5. The Balaban J connectivity index is 1.43. The summed E-state index contributed by atoms with van der Waals surface area (Å²) in [7, 11) is 0. The summed E-state index contributed by atoms with van der Waals surface area (Å²) in [6.07, 6.45) is -0.905. The minimum atomic E-state index is -0.905. The predicted octanol–water partition coefficient (Wildman–Crippen LogP) is 1.06. The third-order valence-electron chi connectivity index (χ3n) is 3.65. The first-order valence-corrected chi connectivity index (χ1v) is 8.42. The largest absolute Gasteiger partial charge is 0.485 e. The van der Waals surface area contributed by atoms with Crippen molar-refractivity contribution in [2.75, 3.05) is 13.2 Å². The van der Waals surface area contributed by atoms with E-state index < -0.39 is 23.8 Å². The molecule has 0 saturated carbocycles. The number of fused-ring (bicyclic) bond motifs is 1. The summed E-state index contributed by atoms with van der Waals surface area (Å²) in [5.41, 5.74) is 4.69. The van der Waals surface area contributed by atoms with E-state index in [9.17, 15) is 14.4 Å². The molecule has 27 heavy (non-hydrogen) atoms. The predicted molar refractivity (Wildman–Crippen MR) is 96.4 cm³/mol. The number of rotatable bonds is 4. The van der Waals surface area contributed by atoms with Crippen molar-refractivity contribution in [3.63, 3.8) is 0 Å². The smallest absolute Gasteiger partial charge is 0.283 e. The van der Waals surface area contributed by atoms with Crippen LogP contribution in [0.1, 0.15) is 10.4 Å². The van der Waals surface area contributed by atoms with Crippen molar-refractivity contribution < 1.29 is 23.9 Å². The van der Waals surface area contributed by atoms with Gasteiger partial charge < -0.3 is 14.8 Å². The summed E-state index contributed by atoms with van der Waals surface area (Å²) in [6, 6.07) is 13.4. The standard InChI is InChI=1S/C18H16ClN3O5/c19-12-6-2-1-5-11(12)17(24)20-9-16(23)21-22-18(25)15-10-26-13-7-3-4-8-14(13)27-15/h1-8,15H,9-10H2,(H,20,24)(H,21,23)(H,22,25). The molecule has 0 aromatic heterocycles. The quantitative estimate of drug-likeness (QED) is 0.678. The van der Waals surface area contributed by atoms with Crippen LogP contribution in [0.25, 0.3) is 0 Å². The first-order chi connectivity index (χ1) is 13.0. The minimum absolute atomic E-state index is 0.0158. The molecule has 140 valence electrons. The molecule has 2 aromatic carbocycles. The average molecular weight is 390 g/mol. The Morgan fingerprint density at radius 3 is 2.48 bits per heavy atom. The van der Waals surface area contributed by atoms with Crippen LogP contribution in [0.2, 0.25) is 5.02 Å². The van der Waals surface area contributed by atoms with Crippen molar-refractivity contribution in [3.8, 4) is 11.5 Å². The van der Waals surface area contributed by atoms with Crippen LogP contribution in [-0.4, -0.2) is 37.0 Å². The highest BCUT2D eigenvalue weighted by molar-refractivity contribution is 6.33. The van der Waals surface area contributed by atoms with Crippen molar-refractivity contribution in [2.45, 2.75) is 6.10 Å². The number of hydrazine groups is 1. The second-order valence-corrected chi connectivity index (χ2v) is 5.97. The number of carbonyl (C=O) groups excluding carboxylic acids is 3. The molecule has 3 amide bonds. The van der Waals surface area contributed by atoms with Gasteiger partial charge in [0.2, 0.25) is 6.10 Å². The maximum Gasteiger partial charge on any atom is 0.283 e. The fourth-order valence-corrected chi connectivity index (χ4v) is 2.53.